The highest BCUT2D eigenvalue weighted by Crippen LogP contribution is 2.12. The van der Waals surface area contributed by atoms with Crippen LogP contribution in [0.4, 0.5) is 5.95 Å². The molecule has 1 amide bonds. The average Bonchev–Trinajstić information content (AvgIpc) is 2.91. The Morgan fingerprint density at radius 2 is 2.16 bits per heavy atom. The lowest BCUT2D eigenvalue weighted by Crippen LogP contribution is -2.15. The lowest BCUT2D eigenvalue weighted by Gasteiger charge is -2.01. The third-order valence-corrected chi connectivity index (χ3v) is 2.44. The van der Waals surface area contributed by atoms with E-state index in [4.69, 9.17) is 4.42 Å². The molecule has 0 radical (unpaired) electrons. The molecule has 0 aliphatic heterocycles. The summed E-state index contributed by atoms with van der Waals surface area (Å²) in [7, 11) is 0. The number of carbonyl (C=O) groups is 1. The molecule has 0 aliphatic rings. The first-order valence-electron chi connectivity index (χ1n) is 5.32. The summed E-state index contributed by atoms with van der Waals surface area (Å²) in [6.45, 7) is 0. The zero-order chi connectivity index (χ0) is 13.2. The molecule has 0 fully saturated rings. The number of hydrogen-bond acceptors (Lipinski definition) is 6. The number of H-pyrrole nitrogens is 1. The molecule has 0 saturated heterocycles. The molecule has 0 unspecified atom stereocenters. The van der Waals surface area contributed by atoms with Crippen molar-refractivity contribution in [3.8, 4) is 0 Å². The van der Waals surface area contributed by atoms with Gasteiger partial charge in [-0.25, -0.2) is 5.10 Å². The van der Waals surface area contributed by atoms with Crippen LogP contribution in [0, 0.1) is 0 Å². The Labute approximate surface area is 105 Å². The maximum atomic E-state index is 11.8. The largest absolute Gasteiger partial charge is 0.451 e. The van der Waals surface area contributed by atoms with Crippen LogP contribution in [-0.2, 0) is 0 Å². The fourth-order valence-electron chi connectivity index (χ4n) is 1.60. The van der Waals surface area contributed by atoms with Crippen LogP contribution in [0.5, 0.6) is 0 Å². The topological polar surface area (TPSA) is 114 Å². The number of nitrogens with zero attached hydrogens (tertiary/aromatic N) is 3. The molecular weight excluding hydrogens is 250 g/mol. The van der Waals surface area contributed by atoms with E-state index in [9.17, 15) is 9.59 Å². The van der Waals surface area contributed by atoms with Crippen LogP contribution in [0.25, 0.3) is 11.0 Å². The Balaban J connectivity index is 2.01. The van der Waals surface area contributed by atoms with Gasteiger partial charge in [-0.2, -0.15) is 0 Å². The number of para-hydroxylation sites is 1. The lowest BCUT2D eigenvalue weighted by molar-refractivity contribution is 0.0996. The summed E-state index contributed by atoms with van der Waals surface area (Å²) >= 11 is 0. The number of aromatic amines is 1. The van der Waals surface area contributed by atoms with E-state index in [1.54, 1.807) is 24.3 Å². The minimum absolute atomic E-state index is 0.0702. The second kappa shape index (κ2) is 4.33. The number of aromatic nitrogens is 4. The number of benzene rings is 1. The van der Waals surface area contributed by atoms with Gasteiger partial charge in [0, 0.05) is 6.07 Å². The van der Waals surface area contributed by atoms with Crippen molar-refractivity contribution in [2.45, 2.75) is 0 Å². The summed E-state index contributed by atoms with van der Waals surface area (Å²) in [4.78, 5) is 23.7. The minimum atomic E-state index is -0.610. The number of amides is 1. The van der Waals surface area contributed by atoms with Gasteiger partial charge in [-0.05, 0) is 22.6 Å². The predicted octanol–water partition coefficient (Wildman–Crippen LogP) is 0.558. The quantitative estimate of drug-likeness (QED) is 0.693. The van der Waals surface area contributed by atoms with Gasteiger partial charge in [0.05, 0.1) is 5.39 Å². The van der Waals surface area contributed by atoms with Crippen molar-refractivity contribution in [1.82, 2.24) is 20.6 Å². The van der Waals surface area contributed by atoms with Gasteiger partial charge in [0.2, 0.25) is 5.95 Å². The van der Waals surface area contributed by atoms with E-state index in [0.717, 1.165) is 6.07 Å². The molecule has 2 aromatic heterocycles. The van der Waals surface area contributed by atoms with Crippen LogP contribution in [0.2, 0.25) is 0 Å². The number of fused-ring (bicyclic) bond motifs is 1. The molecule has 19 heavy (non-hydrogen) atoms. The smallest absolute Gasteiger partial charge is 0.293 e. The molecule has 8 heteroatoms. The predicted molar refractivity (Wildman–Crippen MR) is 64.6 cm³/mol. The van der Waals surface area contributed by atoms with Crippen molar-refractivity contribution in [2.24, 2.45) is 0 Å². The first-order chi connectivity index (χ1) is 9.24. The van der Waals surface area contributed by atoms with Gasteiger partial charge in [-0.3, -0.25) is 14.9 Å². The van der Waals surface area contributed by atoms with Crippen LogP contribution in [0.3, 0.4) is 0 Å². The summed E-state index contributed by atoms with van der Waals surface area (Å²) in [5.74, 6) is -0.651. The zero-order valence-electron chi connectivity index (χ0n) is 9.45. The van der Waals surface area contributed by atoms with E-state index in [0.29, 0.717) is 11.0 Å². The number of anilines is 1. The molecule has 0 spiro atoms. The highest BCUT2D eigenvalue weighted by atomic mass is 16.3. The van der Waals surface area contributed by atoms with Crippen molar-refractivity contribution in [2.75, 3.05) is 5.32 Å². The second-order valence-electron chi connectivity index (χ2n) is 3.68. The van der Waals surface area contributed by atoms with Gasteiger partial charge >= 0.3 is 0 Å². The van der Waals surface area contributed by atoms with Gasteiger partial charge < -0.3 is 4.42 Å². The molecule has 3 rings (SSSR count). The van der Waals surface area contributed by atoms with Crippen LogP contribution < -0.4 is 10.7 Å². The SMILES string of the molecule is O=C(Nc1nnn[nH]1)c1cc(=O)c2ccccc2o1. The molecule has 2 heterocycles. The number of rotatable bonds is 2. The summed E-state index contributed by atoms with van der Waals surface area (Å²) in [6, 6.07) is 7.81. The molecule has 8 nitrogen and oxygen atoms in total. The fraction of sp³-hybridized carbons (Fsp3) is 0. The number of hydrogen-bond donors (Lipinski definition) is 2. The first-order valence-corrected chi connectivity index (χ1v) is 5.32. The highest BCUT2D eigenvalue weighted by molar-refractivity contribution is 6.01. The van der Waals surface area contributed by atoms with E-state index in [2.05, 4.69) is 25.9 Å². The van der Waals surface area contributed by atoms with Gasteiger partial charge in [-0.1, -0.05) is 17.2 Å². The molecule has 0 saturated carbocycles. The van der Waals surface area contributed by atoms with Crippen molar-refractivity contribution >= 4 is 22.8 Å². The van der Waals surface area contributed by atoms with E-state index < -0.39 is 5.91 Å². The summed E-state index contributed by atoms with van der Waals surface area (Å²) < 4.78 is 5.36. The van der Waals surface area contributed by atoms with E-state index in [-0.39, 0.29) is 17.1 Å². The third-order valence-electron chi connectivity index (χ3n) is 2.44. The molecule has 3 aromatic rings. The molecule has 2 N–H and O–H groups in total. The van der Waals surface area contributed by atoms with Crippen LogP contribution in [0.15, 0.2) is 39.5 Å². The summed E-state index contributed by atoms with van der Waals surface area (Å²) in [5.41, 5.74) is 0.0542. The lowest BCUT2D eigenvalue weighted by atomic mass is 10.2. The molecule has 0 bridgehead atoms. The molecule has 0 aliphatic carbocycles. The molecular formula is C11H7N5O3. The Morgan fingerprint density at radius 1 is 1.32 bits per heavy atom. The monoisotopic (exact) mass is 257 g/mol. The van der Waals surface area contributed by atoms with Crippen LogP contribution in [-0.4, -0.2) is 26.5 Å². The zero-order valence-corrected chi connectivity index (χ0v) is 9.45. The van der Waals surface area contributed by atoms with Gasteiger partial charge in [0.15, 0.2) is 11.2 Å². The van der Waals surface area contributed by atoms with Crippen molar-refractivity contribution in [3.63, 3.8) is 0 Å². The number of carbonyl (C=O) groups excluding carboxylic acids is 1. The average molecular weight is 257 g/mol. The van der Waals surface area contributed by atoms with Gasteiger partial charge in [0.1, 0.15) is 5.58 Å². The number of nitrogens with one attached hydrogen (secondary N) is 2. The van der Waals surface area contributed by atoms with Crippen molar-refractivity contribution in [1.29, 1.82) is 0 Å². The Bertz CT molecular complexity index is 793. The van der Waals surface area contributed by atoms with Crippen molar-refractivity contribution in [3.05, 3.63) is 46.3 Å². The molecule has 1 aromatic carbocycles. The van der Waals surface area contributed by atoms with Crippen molar-refractivity contribution < 1.29 is 9.21 Å². The highest BCUT2D eigenvalue weighted by Gasteiger charge is 2.13. The Morgan fingerprint density at radius 3 is 2.95 bits per heavy atom. The van der Waals surface area contributed by atoms with Crippen LogP contribution >= 0.6 is 0 Å². The Kier molecular flexibility index (Phi) is 2.53. The maximum absolute atomic E-state index is 11.8. The standard InChI is InChI=1S/C11H7N5O3/c17-7-5-9(10(18)12-11-13-15-16-14-11)19-8-4-2-1-3-6(7)8/h1-5H,(H2,12,13,14,15,16,18). The van der Waals surface area contributed by atoms with Gasteiger partial charge in [0.25, 0.3) is 5.91 Å². The minimum Gasteiger partial charge on any atom is -0.451 e. The second-order valence-corrected chi connectivity index (χ2v) is 3.68. The normalized spacial score (nSPS) is 10.5. The van der Waals surface area contributed by atoms with Crippen LogP contribution in [0.1, 0.15) is 10.6 Å². The van der Waals surface area contributed by atoms with E-state index in [1.165, 1.54) is 0 Å². The fourth-order valence-corrected chi connectivity index (χ4v) is 1.60. The molecule has 0 atom stereocenters. The van der Waals surface area contributed by atoms with Gasteiger partial charge in [-0.15, -0.1) is 0 Å². The Hall–Kier alpha value is -3.03. The maximum Gasteiger partial charge on any atom is 0.293 e. The summed E-state index contributed by atoms with van der Waals surface area (Å²) in [6.07, 6.45) is 0. The third kappa shape index (κ3) is 2.06. The molecule has 94 valence electrons. The first kappa shape index (κ1) is 11.1. The summed E-state index contributed by atoms with van der Waals surface area (Å²) in [5, 5.41) is 15.3. The van der Waals surface area contributed by atoms with E-state index in [1.807, 2.05) is 0 Å². The van der Waals surface area contributed by atoms with E-state index >= 15 is 0 Å². The number of tetrazole rings is 1.